The normalized spacial score (nSPS) is 10.2. The first-order valence-corrected chi connectivity index (χ1v) is 6.53. The van der Waals surface area contributed by atoms with Crippen LogP contribution < -0.4 is 0 Å². The summed E-state index contributed by atoms with van der Waals surface area (Å²) in [6, 6.07) is 0. The van der Waals surface area contributed by atoms with E-state index in [9.17, 15) is 9.59 Å². The Balaban J connectivity index is 3.76. The van der Waals surface area contributed by atoms with E-state index in [2.05, 4.69) is 0 Å². The van der Waals surface area contributed by atoms with Crippen LogP contribution in [-0.2, 0) is 9.59 Å². The van der Waals surface area contributed by atoms with Gasteiger partial charge in [0.15, 0.2) is 0 Å². The number of carbonyl (C=O) groups is 2. The predicted molar refractivity (Wildman–Crippen MR) is 54.9 cm³/mol. The first kappa shape index (κ1) is 12.0. The molecule has 64 valence electrons. The van der Waals surface area contributed by atoms with Crippen molar-refractivity contribution in [3.05, 3.63) is 0 Å². The van der Waals surface area contributed by atoms with Crippen LogP contribution in [0.5, 0.6) is 0 Å². The molecule has 0 aliphatic carbocycles. The number of nitrogens with zero attached hydrogens (tertiary/aromatic N) is 1. The summed E-state index contributed by atoms with van der Waals surface area (Å²) < 4.78 is 1.46. The largest absolute Gasteiger partial charge is 0.280 e. The van der Waals surface area contributed by atoms with Gasteiger partial charge in [0.1, 0.15) is 0 Å². The van der Waals surface area contributed by atoms with Crippen LogP contribution in [0.4, 0.5) is 0 Å². The summed E-state index contributed by atoms with van der Waals surface area (Å²) in [6.45, 7) is 0.0429. The second-order valence-electron chi connectivity index (χ2n) is 1.58. The van der Waals surface area contributed by atoms with Gasteiger partial charge in [0.05, 0.1) is 13.1 Å². The minimum atomic E-state index is -0.507. The molecule has 0 aromatic carbocycles. The highest BCUT2D eigenvalue weighted by molar-refractivity contribution is 14.2. The van der Waals surface area contributed by atoms with Crippen LogP contribution in [0.3, 0.4) is 0 Å². The molecule has 0 aliphatic rings. The van der Waals surface area contributed by atoms with Crippen LogP contribution >= 0.6 is 53.5 Å². The van der Waals surface area contributed by atoms with Crippen molar-refractivity contribution in [2.75, 3.05) is 13.1 Å². The predicted octanol–water partition coefficient (Wildman–Crippen LogP) is 1.82. The highest BCUT2D eigenvalue weighted by Crippen LogP contribution is 2.18. The number of hydrogen-bond donors (Lipinski definition) is 0. The highest BCUT2D eigenvalue weighted by atomic mass is 127. The van der Waals surface area contributed by atoms with Crippen LogP contribution in [0, 0.1) is 0 Å². The minimum absolute atomic E-state index is 0.0215. The molecular weight excluding hydrogens is 324 g/mol. The average Bonchev–Trinajstić information content (AvgIpc) is 1.84. The van der Waals surface area contributed by atoms with Crippen molar-refractivity contribution in [3.63, 3.8) is 0 Å². The fraction of sp³-hybridized carbons (Fsp3) is 0.500. The van der Waals surface area contributed by atoms with E-state index in [1.54, 1.807) is 0 Å². The van der Waals surface area contributed by atoms with Crippen LogP contribution in [0.2, 0.25) is 0 Å². The quantitative estimate of drug-likeness (QED) is 0.438. The van der Waals surface area contributed by atoms with Crippen LogP contribution in [-0.4, -0.2) is 27.9 Å². The average molecular weight is 328 g/mol. The lowest BCUT2D eigenvalue weighted by Gasteiger charge is -2.11. The van der Waals surface area contributed by atoms with Gasteiger partial charge in [-0.15, -0.1) is 0 Å². The summed E-state index contributed by atoms with van der Waals surface area (Å²) in [4.78, 5) is 20.7. The van der Waals surface area contributed by atoms with Gasteiger partial charge in [0.2, 0.25) is 10.5 Å². The fourth-order valence-electron chi connectivity index (χ4n) is 0.382. The van der Waals surface area contributed by atoms with Crippen molar-refractivity contribution >= 4 is 64.0 Å². The molecule has 0 aliphatic heterocycles. The van der Waals surface area contributed by atoms with Crippen LogP contribution in [0.1, 0.15) is 0 Å². The van der Waals surface area contributed by atoms with Gasteiger partial charge >= 0.3 is 0 Å². The Labute approximate surface area is 90.5 Å². The van der Waals surface area contributed by atoms with Crippen molar-refractivity contribution in [2.45, 2.75) is 0 Å². The minimum Gasteiger partial charge on any atom is -0.280 e. The number of rotatable bonds is 5. The van der Waals surface area contributed by atoms with Gasteiger partial charge in [0.25, 0.3) is 0 Å². The monoisotopic (exact) mass is 327 g/mol. The topological polar surface area (TPSA) is 37.4 Å². The van der Waals surface area contributed by atoms with Gasteiger partial charge in [-0.3, -0.25) is 9.59 Å². The lowest BCUT2D eigenvalue weighted by molar-refractivity contribution is -0.113. The van der Waals surface area contributed by atoms with E-state index < -0.39 is 10.5 Å². The first-order chi connectivity index (χ1) is 5.06. The standard InChI is InChI=1S/C4H4Cl2INO2S/c5-3(9)1-8(11-7)2-4(6)10/h1-2H2. The third-order valence-corrected chi connectivity index (χ3v) is 3.06. The molecule has 0 bridgehead atoms. The zero-order chi connectivity index (χ0) is 8.85. The van der Waals surface area contributed by atoms with E-state index in [4.69, 9.17) is 23.2 Å². The molecule has 0 atom stereocenters. The van der Waals surface area contributed by atoms with E-state index in [-0.39, 0.29) is 13.1 Å². The Morgan fingerprint density at radius 1 is 1.27 bits per heavy atom. The maximum atomic E-state index is 10.3. The van der Waals surface area contributed by atoms with E-state index in [1.807, 2.05) is 21.2 Å². The molecule has 0 unspecified atom stereocenters. The Bertz CT molecular complexity index is 152. The third-order valence-electron chi connectivity index (χ3n) is 0.699. The Hall–Kier alpha value is 0.960. The lowest BCUT2D eigenvalue weighted by Crippen LogP contribution is -2.24. The van der Waals surface area contributed by atoms with Gasteiger partial charge in [0, 0.05) is 21.2 Å². The smallest absolute Gasteiger partial charge is 0.236 e. The van der Waals surface area contributed by atoms with Crippen LogP contribution in [0.25, 0.3) is 0 Å². The van der Waals surface area contributed by atoms with Crippen molar-refractivity contribution in [1.82, 2.24) is 4.31 Å². The molecule has 0 saturated carbocycles. The Kier molecular flexibility index (Phi) is 7.04. The Morgan fingerprint density at radius 2 is 1.64 bits per heavy atom. The molecule has 0 radical (unpaired) electrons. The Morgan fingerprint density at radius 3 is 1.82 bits per heavy atom. The summed E-state index contributed by atoms with van der Waals surface area (Å²) in [5.41, 5.74) is 0. The lowest BCUT2D eigenvalue weighted by atomic mass is 10.6. The van der Waals surface area contributed by atoms with Gasteiger partial charge < -0.3 is 0 Å². The van der Waals surface area contributed by atoms with Gasteiger partial charge in [-0.25, -0.2) is 4.31 Å². The molecule has 0 heterocycles. The summed E-state index contributed by atoms with van der Waals surface area (Å²) >= 11 is 12.1. The molecule has 0 saturated heterocycles. The van der Waals surface area contributed by atoms with E-state index in [0.717, 1.165) is 0 Å². The van der Waals surface area contributed by atoms with Gasteiger partial charge in [-0.1, -0.05) is 0 Å². The number of hydrogen-bond acceptors (Lipinski definition) is 4. The maximum absolute atomic E-state index is 10.3. The molecule has 0 N–H and O–H groups in total. The zero-order valence-corrected chi connectivity index (χ0v) is 9.71. The third kappa shape index (κ3) is 7.32. The second-order valence-corrected chi connectivity index (χ2v) is 4.26. The SMILES string of the molecule is O=C(Cl)CN(CC(=O)Cl)SI. The molecule has 3 nitrogen and oxygen atoms in total. The summed E-state index contributed by atoms with van der Waals surface area (Å²) in [5.74, 6) is 0. The van der Waals surface area contributed by atoms with Crippen molar-refractivity contribution in [1.29, 1.82) is 0 Å². The molecular formula is C4H4Cl2INO2S. The summed E-state index contributed by atoms with van der Waals surface area (Å²) in [5, 5.41) is -1.01. The molecule has 0 fully saturated rings. The highest BCUT2D eigenvalue weighted by Gasteiger charge is 2.11. The summed E-state index contributed by atoms with van der Waals surface area (Å²) in [7, 11) is 1.22. The second kappa shape index (κ2) is 6.47. The molecule has 0 rings (SSSR count). The molecule has 0 spiro atoms. The van der Waals surface area contributed by atoms with Gasteiger partial charge in [-0.05, 0) is 32.3 Å². The van der Waals surface area contributed by atoms with Crippen molar-refractivity contribution in [2.24, 2.45) is 0 Å². The molecule has 0 amide bonds. The number of halogens is 3. The van der Waals surface area contributed by atoms with E-state index >= 15 is 0 Å². The van der Waals surface area contributed by atoms with Crippen molar-refractivity contribution < 1.29 is 9.59 Å². The molecule has 0 aromatic rings. The molecule has 7 heteroatoms. The fourth-order valence-corrected chi connectivity index (χ4v) is 1.98. The maximum Gasteiger partial charge on any atom is 0.236 e. The van der Waals surface area contributed by atoms with E-state index in [1.165, 1.54) is 13.4 Å². The van der Waals surface area contributed by atoms with Crippen molar-refractivity contribution in [3.8, 4) is 0 Å². The van der Waals surface area contributed by atoms with Crippen LogP contribution in [0.15, 0.2) is 0 Å². The molecule has 0 aromatic heterocycles. The van der Waals surface area contributed by atoms with Gasteiger partial charge in [-0.2, -0.15) is 0 Å². The molecule has 11 heavy (non-hydrogen) atoms. The van der Waals surface area contributed by atoms with E-state index in [0.29, 0.717) is 0 Å². The number of carbonyl (C=O) groups excluding carboxylic acids is 2. The zero-order valence-electron chi connectivity index (χ0n) is 5.22. The summed E-state index contributed by atoms with van der Waals surface area (Å²) in [6.07, 6.45) is 0. The first-order valence-electron chi connectivity index (χ1n) is 2.46.